The van der Waals surface area contributed by atoms with E-state index in [1.54, 1.807) is 12.1 Å². The van der Waals surface area contributed by atoms with E-state index in [0.717, 1.165) is 11.1 Å². The number of ether oxygens (including phenoxy) is 3. The molecule has 0 unspecified atom stereocenters. The second-order valence-electron chi connectivity index (χ2n) is 5.73. The monoisotopic (exact) mass is 357 g/mol. The molecule has 0 heterocycles. The van der Waals surface area contributed by atoms with Crippen molar-refractivity contribution in [2.75, 3.05) is 27.9 Å². The molecule has 0 spiro atoms. The Balaban J connectivity index is 2.37. The van der Waals surface area contributed by atoms with Crippen LogP contribution in [0.2, 0.25) is 0 Å². The van der Waals surface area contributed by atoms with E-state index in [4.69, 9.17) is 14.2 Å². The number of esters is 1. The molecule has 0 aromatic heterocycles. The summed E-state index contributed by atoms with van der Waals surface area (Å²) < 4.78 is 15.4. The molecule has 0 bridgehead atoms. The fourth-order valence-corrected chi connectivity index (χ4v) is 2.62. The van der Waals surface area contributed by atoms with Gasteiger partial charge in [-0.15, -0.1) is 0 Å². The van der Waals surface area contributed by atoms with E-state index in [-0.39, 0.29) is 19.0 Å². The van der Waals surface area contributed by atoms with Crippen molar-refractivity contribution in [3.63, 3.8) is 0 Å². The fourth-order valence-electron chi connectivity index (χ4n) is 2.62. The number of methoxy groups -OCH3 is 3. The van der Waals surface area contributed by atoms with Gasteiger partial charge in [-0.25, -0.2) is 0 Å². The highest BCUT2D eigenvalue weighted by molar-refractivity contribution is 5.97. The molecule has 138 valence electrons. The van der Waals surface area contributed by atoms with E-state index in [0.29, 0.717) is 17.1 Å². The van der Waals surface area contributed by atoms with E-state index in [1.165, 1.54) is 26.2 Å². The molecule has 0 atom stereocenters. The average molecular weight is 357 g/mol. The minimum atomic E-state index is -0.486. The standard InChI is InChI=1S/C20H23NO5/c1-14-17(24-2)10-16(11-18(14)25-3)20(23)21(13-19(22)26-4)12-15-8-6-5-7-9-15/h5-11H,12-13H2,1-4H3. The maximum atomic E-state index is 13.1. The molecule has 2 rings (SSSR count). The lowest BCUT2D eigenvalue weighted by Crippen LogP contribution is -2.35. The zero-order valence-corrected chi connectivity index (χ0v) is 15.4. The molecule has 2 aromatic rings. The van der Waals surface area contributed by atoms with Gasteiger partial charge in [0.2, 0.25) is 0 Å². The Hall–Kier alpha value is -3.02. The van der Waals surface area contributed by atoms with Crippen LogP contribution in [-0.2, 0) is 16.1 Å². The number of rotatable bonds is 7. The van der Waals surface area contributed by atoms with Crippen LogP contribution in [0.15, 0.2) is 42.5 Å². The highest BCUT2D eigenvalue weighted by Gasteiger charge is 2.22. The van der Waals surface area contributed by atoms with E-state index in [1.807, 2.05) is 37.3 Å². The first kappa shape index (κ1) is 19.3. The number of carbonyl (C=O) groups excluding carboxylic acids is 2. The van der Waals surface area contributed by atoms with Gasteiger partial charge in [0.05, 0.1) is 21.3 Å². The van der Waals surface area contributed by atoms with Crippen LogP contribution in [0.5, 0.6) is 11.5 Å². The molecule has 26 heavy (non-hydrogen) atoms. The molecule has 0 saturated heterocycles. The Morgan fingerprint density at radius 1 is 0.962 bits per heavy atom. The Morgan fingerprint density at radius 2 is 1.54 bits per heavy atom. The van der Waals surface area contributed by atoms with Gasteiger partial charge in [-0.05, 0) is 24.6 Å². The molecule has 0 radical (unpaired) electrons. The van der Waals surface area contributed by atoms with Crippen LogP contribution in [0.25, 0.3) is 0 Å². The number of hydrogen-bond acceptors (Lipinski definition) is 5. The molecule has 1 amide bonds. The first-order valence-corrected chi connectivity index (χ1v) is 8.12. The number of carbonyl (C=O) groups is 2. The Labute approximate surface area is 153 Å². The minimum absolute atomic E-state index is 0.150. The second-order valence-corrected chi connectivity index (χ2v) is 5.73. The molecular formula is C20H23NO5. The third-order valence-corrected chi connectivity index (χ3v) is 4.05. The smallest absolute Gasteiger partial charge is 0.325 e. The van der Waals surface area contributed by atoms with Gasteiger partial charge in [0, 0.05) is 17.7 Å². The van der Waals surface area contributed by atoms with Crippen molar-refractivity contribution in [2.24, 2.45) is 0 Å². The van der Waals surface area contributed by atoms with Gasteiger partial charge in [-0.2, -0.15) is 0 Å². The first-order valence-electron chi connectivity index (χ1n) is 8.12. The predicted molar refractivity (Wildman–Crippen MR) is 97.5 cm³/mol. The summed E-state index contributed by atoms with van der Waals surface area (Å²) in [5.74, 6) is 0.298. The van der Waals surface area contributed by atoms with Gasteiger partial charge in [0.1, 0.15) is 18.0 Å². The van der Waals surface area contributed by atoms with E-state index in [9.17, 15) is 9.59 Å². The van der Waals surface area contributed by atoms with Crippen molar-refractivity contribution >= 4 is 11.9 Å². The van der Waals surface area contributed by atoms with Crippen LogP contribution in [0.3, 0.4) is 0 Å². The van der Waals surface area contributed by atoms with E-state index >= 15 is 0 Å². The van der Waals surface area contributed by atoms with Gasteiger partial charge >= 0.3 is 5.97 Å². The number of nitrogens with zero attached hydrogens (tertiary/aromatic N) is 1. The fraction of sp³-hybridized carbons (Fsp3) is 0.300. The van der Waals surface area contributed by atoms with Crippen LogP contribution in [0, 0.1) is 6.92 Å². The molecule has 6 heteroatoms. The molecule has 6 nitrogen and oxygen atoms in total. The SMILES string of the molecule is COC(=O)CN(Cc1ccccc1)C(=O)c1cc(OC)c(C)c(OC)c1. The number of benzene rings is 2. The molecular weight excluding hydrogens is 334 g/mol. The van der Waals surface area contributed by atoms with Crippen LogP contribution < -0.4 is 9.47 Å². The molecule has 0 saturated carbocycles. The predicted octanol–water partition coefficient (Wildman–Crippen LogP) is 2.83. The third-order valence-electron chi connectivity index (χ3n) is 4.05. The average Bonchev–Trinajstić information content (AvgIpc) is 2.67. The normalized spacial score (nSPS) is 10.2. The van der Waals surface area contributed by atoms with Gasteiger partial charge < -0.3 is 19.1 Å². The van der Waals surface area contributed by atoms with Crippen molar-refractivity contribution in [1.29, 1.82) is 0 Å². The summed E-state index contributed by atoms with van der Waals surface area (Å²) in [5, 5.41) is 0. The molecule has 0 aliphatic heterocycles. The largest absolute Gasteiger partial charge is 0.496 e. The van der Waals surface area contributed by atoms with E-state index < -0.39 is 5.97 Å². The molecule has 2 aromatic carbocycles. The Morgan fingerprint density at radius 3 is 2.04 bits per heavy atom. The maximum Gasteiger partial charge on any atom is 0.325 e. The highest BCUT2D eigenvalue weighted by Crippen LogP contribution is 2.30. The van der Waals surface area contributed by atoms with Crippen molar-refractivity contribution in [1.82, 2.24) is 4.90 Å². The van der Waals surface area contributed by atoms with Crippen LogP contribution in [0.4, 0.5) is 0 Å². The van der Waals surface area contributed by atoms with Gasteiger partial charge in [0.25, 0.3) is 5.91 Å². The molecule has 0 aliphatic carbocycles. The lowest BCUT2D eigenvalue weighted by Gasteiger charge is -2.22. The van der Waals surface area contributed by atoms with Crippen LogP contribution in [0.1, 0.15) is 21.5 Å². The zero-order valence-electron chi connectivity index (χ0n) is 15.4. The van der Waals surface area contributed by atoms with Crippen LogP contribution >= 0.6 is 0 Å². The molecule has 0 fully saturated rings. The summed E-state index contributed by atoms with van der Waals surface area (Å²) in [6.07, 6.45) is 0. The van der Waals surface area contributed by atoms with Crippen molar-refractivity contribution in [3.8, 4) is 11.5 Å². The quantitative estimate of drug-likeness (QED) is 0.713. The van der Waals surface area contributed by atoms with Crippen molar-refractivity contribution in [2.45, 2.75) is 13.5 Å². The maximum absolute atomic E-state index is 13.1. The lowest BCUT2D eigenvalue weighted by molar-refractivity contribution is -0.141. The summed E-state index contributed by atoms with van der Waals surface area (Å²) in [4.78, 5) is 26.3. The number of hydrogen-bond donors (Lipinski definition) is 0. The van der Waals surface area contributed by atoms with Gasteiger partial charge in [-0.1, -0.05) is 30.3 Å². The summed E-state index contributed by atoms with van der Waals surface area (Å²) in [7, 11) is 4.36. The third kappa shape index (κ3) is 4.53. The summed E-state index contributed by atoms with van der Waals surface area (Å²) in [6.45, 7) is 1.98. The summed E-state index contributed by atoms with van der Waals surface area (Å²) >= 11 is 0. The topological polar surface area (TPSA) is 65.1 Å². The van der Waals surface area contributed by atoms with E-state index in [2.05, 4.69) is 0 Å². The van der Waals surface area contributed by atoms with Crippen LogP contribution in [-0.4, -0.2) is 44.7 Å². The summed E-state index contributed by atoms with van der Waals surface area (Å²) in [6, 6.07) is 12.8. The summed E-state index contributed by atoms with van der Waals surface area (Å²) in [5.41, 5.74) is 2.09. The molecule has 0 aliphatic rings. The van der Waals surface area contributed by atoms with Gasteiger partial charge in [0.15, 0.2) is 0 Å². The zero-order chi connectivity index (χ0) is 19.1. The Bertz CT molecular complexity index is 748. The minimum Gasteiger partial charge on any atom is -0.496 e. The highest BCUT2D eigenvalue weighted by atomic mass is 16.5. The molecule has 0 N–H and O–H groups in total. The van der Waals surface area contributed by atoms with Crippen molar-refractivity contribution in [3.05, 3.63) is 59.2 Å². The van der Waals surface area contributed by atoms with Gasteiger partial charge in [-0.3, -0.25) is 9.59 Å². The van der Waals surface area contributed by atoms with Crippen molar-refractivity contribution < 1.29 is 23.8 Å². The second kappa shape index (κ2) is 8.89. The Kier molecular flexibility index (Phi) is 6.60. The first-order chi connectivity index (χ1) is 12.5. The lowest BCUT2D eigenvalue weighted by atomic mass is 10.1. The number of amides is 1.